The normalized spacial score (nSPS) is 13.0. The minimum Gasteiger partial charge on any atom is -0.452 e. The molecule has 0 spiro atoms. The zero-order valence-corrected chi connectivity index (χ0v) is 9.81. The minimum atomic E-state index is -0.0953. The third-order valence-corrected chi connectivity index (χ3v) is 2.40. The van der Waals surface area contributed by atoms with Crippen LogP contribution in [0.2, 0.25) is 0 Å². The predicted octanol–water partition coefficient (Wildman–Crippen LogP) is 1.70. The summed E-state index contributed by atoms with van der Waals surface area (Å²) in [6.07, 6.45) is 1.82. The molecule has 0 aromatic carbocycles. The number of halogens is 1. The Balaban J connectivity index is 2.11. The van der Waals surface area contributed by atoms with E-state index in [0.717, 1.165) is 11.5 Å². The molecule has 2 N–H and O–H groups in total. The van der Waals surface area contributed by atoms with E-state index >= 15 is 0 Å². The lowest BCUT2D eigenvalue weighted by Gasteiger charge is -1.97. The summed E-state index contributed by atoms with van der Waals surface area (Å²) in [4.78, 5) is 0. The van der Waals surface area contributed by atoms with Crippen molar-refractivity contribution < 1.29 is 4.42 Å². The molecule has 0 radical (unpaired) electrons. The van der Waals surface area contributed by atoms with Gasteiger partial charge in [-0.15, -0.1) is 5.10 Å². The van der Waals surface area contributed by atoms with Crippen LogP contribution in [0.15, 0.2) is 27.4 Å². The smallest absolute Gasteiger partial charge is 0.169 e. The van der Waals surface area contributed by atoms with Crippen molar-refractivity contribution in [2.24, 2.45) is 5.73 Å². The van der Waals surface area contributed by atoms with Crippen molar-refractivity contribution in [2.75, 3.05) is 0 Å². The van der Waals surface area contributed by atoms with E-state index in [9.17, 15) is 0 Å². The molecule has 0 saturated carbocycles. The van der Waals surface area contributed by atoms with Gasteiger partial charge in [-0.2, -0.15) is 0 Å². The molecule has 0 saturated heterocycles. The fraction of sp³-hybridized carbons (Fsp3) is 0.333. The van der Waals surface area contributed by atoms with E-state index in [-0.39, 0.29) is 6.04 Å². The van der Waals surface area contributed by atoms with Crippen molar-refractivity contribution in [3.05, 3.63) is 34.5 Å². The van der Waals surface area contributed by atoms with E-state index in [2.05, 4.69) is 26.2 Å². The number of hydrogen-bond donors (Lipinski definition) is 1. The highest BCUT2D eigenvalue weighted by atomic mass is 79.9. The summed E-state index contributed by atoms with van der Waals surface area (Å²) < 4.78 is 7.77. The molecule has 0 amide bonds. The van der Waals surface area contributed by atoms with Crippen LogP contribution in [0.4, 0.5) is 0 Å². The molecule has 0 fully saturated rings. The van der Waals surface area contributed by atoms with E-state index in [1.807, 2.05) is 25.3 Å². The summed E-state index contributed by atoms with van der Waals surface area (Å²) in [5, 5.41) is 7.91. The molecule has 80 valence electrons. The molecule has 15 heavy (non-hydrogen) atoms. The van der Waals surface area contributed by atoms with E-state index in [1.54, 1.807) is 4.68 Å². The van der Waals surface area contributed by atoms with Crippen LogP contribution in [0.3, 0.4) is 0 Å². The Kier molecular flexibility index (Phi) is 2.88. The second kappa shape index (κ2) is 4.16. The molecule has 1 atom stereocenters. The molecular formula is C9H11BrN4O. The topological polar surface area (TPSA) is 69.9 Å². The zero-order chi connectivity index (χ0) is 10.8. The Bertz CT molecular complexity index is 448. The van der Waals surface area contributed by atoms with Gasteiger partial charge in [-0.1, -0.05) is 5.21 Å². The molecule has 2 rings (SSSR count). The van der Waals surface area contributed by atoms with Gasteiger partial charge in [0.1, 0.15) is 12.3 Å². The Morgan fingerprint density at radius 3 is 2.93 bits per heavy atom. The van der Waals surface area contributed by atoms with Crippen molar-refractivity contribution in [3.63, 3.8) is 0 Å². The number of aromatic nitrogens is 3. The maximum Gasteiger partial charge on any atom is 0.169 e. The lowest BCUT2D eigenvalue weighted by Crippen LogP contribution is -2.05. The summed E-state index contributed by atoms with van der Waals surface area (Å²) >= 11 is 3.24. The van der Waals surface area contributed by atoms with Crippen LogP contribution in [0.1, 0.15) is 24.4 Å². The Labute approximate surface area is 95.4 Å². The highest BCUT2D eigenvalue weighted by molar-refractivity contribution is 9.10. The van der Waals surface area contributed by atoms with Gasteiger partial charge < -0.3 is 10.2 Å². The first-order valence-corrected chi connectivity index (χ1v) is 5.34. The molecule has 0 aliphatic rings. The van der Waals surface area contributed by atoms with Gasteiger partial charge in [0.2, 0.25) is 0 Å². The summed E-state index contributed by atoms with van der Waals surface area (Å²) in [6, 6.07) is 3.64. The first-order valence-electron chi connectivity index (χ1n) is 4.55. The highest BCUT2D eigenvalue weighted by Gasteiger charge is 2.06. The third kappa shape index (κ3) is 2.45. The summed E-state index contributed by atoms with van der Waals surface area (Å²) in [5.41, 5.74) is 6.46. The Hall–Kier alpha value is -1.14. The second-order valence-electron chi connectivity index (χ2n) is 3.34. The quantitative estimate of drug-likeness (QED) is 0.922. The van der Waals surface area contributed by atoms with Crippen LogP contribution >= 0.6 is 15.9 Å². The van der Waals surface area contributed by atoms with E-state index in [1.165, 1.54) is 0 Å². The molecule has 0 aliphatic heterocycles. The molecule has 0 aliphatic carbocycles. The van der Waals surface area contributed by atoms with Gasteiger partial charge >= 0.3 is 0 Å². The van der Waals surface area contributed by atoms with E-state index < -0.39 is 0 Å². The van der Waals surface area contributed by atoms with Gasteiger partial charge in [0.25, 0.3) is 0 Å². The fourth-order valence-corrected chi connectivity index (χ4v) is 1.54. The molecular weight excluding hydrogens is 260 g/mol. The largest absolute Gasteiger partial charge is 0.452 e. The minimum absolute atomic E-state index is 0.0953. The lowest BCUT2D eigenvalue weighted by molar-refractivity contribution is 0.459. The molecule has 5 nitrogen and oxygen atoms in total. The van der Waals surface area contributed by atoms with Crippen LogP contribution in [0, 0.1) is 0 Å². The van der Waals surface area contributed by atoms with Crippen molar-refractivity contribution in [2.45, 2.75) is 19.5 Å². The van der Waals surface area contributed by atoms with Crippen molar-refractivity contribution >= 4 is 15.9 Å². The maximum absolute atomic E-state index is 5.68. The van der Waals surface area contributed by atoms with Crippen molar-refractivity contribution in [1.82, 2.24) is 15.0 Å². The standard InChI is InChI=1S/C9H11BrN4O/c1-6(11)8-5-14(13-12-8)4-7-2-3-9(10)15-7/h2-3,5-6H,4,11H2,1H3. The monoisotopic (exact) mass is 270 g/mol. The van der Waals surface area contributed by atoms with Gasteiger partial charge in [0, 0.05) is 6.04 Å². The van der Waals surface area contributed by atoms with Gasteiger partial charge in [-0.25, -0.2) is 4.68 Å². The lowest BCUT2D eigenvalue weighted by atomic mass is 10.3. The second-order valence-corrected chi connectivity index (χ2v) is 4.12. The summed E-state index contributed by atoms with van der Waals surface area (Å²) in [6.45, 7) is 2.43. The number of furan rings is 1. The number of hydrogen-bond acceptors (Lipinski definition) is 4. The van der Waals surface area contributed by atoms with Gasteiger partial charge in [0.05, 0.1) is 11.9 Å². The SMILES string of the molecule is CC(N)c1cn(Cc2ccc(Br)o2)nn1. The highest BCUT2D eigenvalue weighted by Crippen LogP contribution is 2.15. The zero-order valence-electron chi connectivity index (χ0n) is 8.22. The Morgan fingerprint density at radius 1 is 1.60 bits per heavy atom. The van der Waals surface area contributed by atoms with Gasteiger partial charge in [-0.05, 0) is 35.0 Å². The van der Waals surface area contributed by atoms with E-state index in [4.69, 9.17) is 10.2 Å². The molecule has 0 bridgehead atoms. The van der Waals surface area contributed by atoms with Gasteiger partial charge in [-0.3, -0.25) is 0 Å². The third-order valence-electron chi connectivity index (χ3n) is 1.97. The number of nitrogens with zero attached hydrogens (tertiary/aromatic N) is 3. The van der Waals surface area contributed by atoms with Crippen LogP contribution in [0.5, 0.6) is 0 Å². The van der Waals surface area contributed by atoms with E-state index in [0.29, 0.717) is 11.2 Å². The average molecular weight is 271 g/mol. The maximum atomic E-state index is 5.68. The molecule has 2 heterocycles. The molecule has 1 unspecified atom stereocenters. The fourth-order valence-electron chi connectivity index (χ4n) is 1.20. The molecule has 6 heteroatoms. The van der Waals surface area contributed by atoms with Gasteiger partial charge in [0.15, 0.2) is 4.67 Å². The van der Waals surface area contributed by atoms with Crippen LogP contribution < -0.4 is 5.73 Å². The molecule has 2 aromatic heterocycles. The first-order chi connectivity index (χ1) is 7.15. The number of rotatable bonds is 3. The molecule has 2 aromatic rings. The average Bonchev–Trinajstić information content (AvgIpc) is 2.76. The van der Waals surface area contributed by atoms with Crippen molar-refractivity contribution in [1.29, 1.82) is 0 Å². The van der Waals surface area contributed by atoms with Crippen LogP contribution in [0.25, 0.3) is 0 Å². The summed E-state index contributed by atoms with van der Waals surface area (Å²) in [7, 11) is 0. The van der Waals surface area contributed by atoms with Crippen LogP contribution in [-0.4, -0.2) is 15.0 Å². The van der Waals surface area contributed by atoms with Crippen molar-refractivity contribution in [3.8, 4) is 0 Å². The number of nitrogens with two attached hydrogens (primary N) is 1. The summed E-state index contributed by atoms with van der Waals surface area (Å²) in [5.74, 6) is 0.822. The Morgan fingerprint density at radius 2 is 2.40 bits per heavy atom. The first kappa shape index (κ1) is 10.4. The predicted molar refractivity (Wildman–Crippen MR) is 58.1 cm³/mol. The van der Waals surface area contributed by atoms with Crippen LogP contribution in [-0.2, 0) is 6.54 Å².